The first-order chi connectivity index (χ1) is 25.3. The molecule has 1 aliphatic rings. The number of esters is 1. The van der Waals surface area contributed by atoms with Gasteiger partial charge in [0.2, 0.25) is 0 Å². The number of carboxylic acids is 1. The molecule has 18 heteroatoms. The Morgan fingerprint density at radius 3 is 2.30 bits per heavy atom. The molecule has 53 heavy (non-hydrogen) atoms. The summed E-state index contributed by atoms with van der Waals surface area (Å²) in [6.45, 7) is -3.60. The van der Waals surface area contributed by atoms with E-state index >= 15 is 0 Å². The van der Waals surface area contributed by atoms with Gasteiger partial charge in [0.15, 0.2) is 29.9 Å². The minimum Gasteiger partial charge on any atom is -0.755 e. The van der Waals surface area contributed by atoms with Crippen LogP contribution >= 0.6 is 23.2 Å². The van der Waals surface area contributed by atoms with Crippen LogP contribution in [-0.2, 0) is 32.0 Å². The predicted molar refractivity (Wildman–Crippen MR) is 186 cm³/mol. The van der Waals surface area contributed by atoms with Gasteiger partial charge >= 0.3 is 18.6 Å². The summed E-state index contributed by atoms with van der Waals surface area (Å²) in [5.41, 5.74) is 0.399. The SMILES string of the molecule is O=C(CNC(=O)c1cccc(N(C(C(=O)O)c2ccccc2)S(=O)[O-])c1)O[C@@H](Cc1c(Cl)c[n+]([O-])cc1Cl)c1ccc(OC(F)F)c(OCC2CC2)c1. The Morgan fingerprint density at radius 2 is 1.68 bits per heavy atom. The van der Waals surface area contributed by atoms with Gasteiger partial charge in [-0.15, -0.1) is 0 Å². The van der Waals surface area contributed by atoms with Gasteiger partial charge in [-0.25, -0.2) is 4.79 Å². The normalized spacial score (nSPS) is 14.2. The second kappa shape index (κ2) is 17.7. The molecule has 0 spiro atoms. The highest BCUT2D eigenvalue weighted by Gasteiger charge is 2.30. The fraction of sp³-hybridized carbons (Fsp3) is 0.257. The molecule has 1 aromatic heterocycles. The molecule has 0 saturated heterocycles. The molecule has 0 bridgehead atoms. The first-order valence-electron chi connectivity index (χ1n) is 15.8. The van der Waals surface area contributed by atoms with E-state index in [0.29, 0.717) is 9.04 Å². The van der Waals surface area contributed by atoms with Gasteiger partial charge in [-0.2, -0.15) is 13.5 Å². The van der Waals surface area contributed by atoms with Crippen LogP contribution in [0.2, 0.25) is 10.0 Å². The number of amides is 1. The van der Waals surface area contributed by atoms with E-state index in [9.17, 15) is 42.2 Å². The van der Waals surface area contributed by atoms with Gasteiger partial charge in [0, 0.05) is 28.8 Å². The number of rotatable bonds is 17. The molecule has 0 aliphatic heterocycles. The topological polar surface area (TPSA) is 181 Å². The lowest BCUT2D eigenvalue weighted by molar-refractivity contribution is -0.605. The summed E-state index contributed by atoms with van der Waals surface area (Å²) in [7, 11) is 0. The monoisotopic (exact) mass is 792 g/mol. The largest absolute Gasteiger partial charge is 0.755 e. The third-order valence-corrected chi connectivity index (χ3v) is 9.34. The lowest BCUT2D eigenvalue weighted by Crippen LogP contribution is -2.36. The first-order valence-corrected chi connectivity index (χ1v) is 17.6. The molecule has 1 saturated carbocycles. The van der Waals surface area contributed by atoms with E-state index in [2.05, 4.69) is 10.1 Å². The number of alkyl halides is 2. The zero-order valence-corrected chi connectivity index (χ0v) is 29.7. The van der Waals surface area contributed by atoms with E-state index in [1.807, 2.05) is 0 Å². The lowest BCUT2D eigenvalue weighted by atomic mass is 10.0. The Bertz CT molecular complexity index is 1970. The first kappa shape index (κ1) is 39.2. The van der Waals surface area contributed by atoms with Gasteiger partial charge in [0.25, 0.3) is 5.91 Å². The van der Waals surface area contributed by atoms with E-state index in [0.717, 1.165) is 31.3 Å². The van der Waals surface area contributed by atoms with Crippen LogP contribution in [0.1, 0.15) is 52.0 Å². The number of halogens is 4. The summed E-state index contributed by atoms with van der Waals surface area (Å²) in [6.07, 6.45) is 2.53. The number of hydrogen-bond donors (Lipinski definition) is 2. The molecule has 13 nitrogen and oxygen atoms in total. The van der Waals surface area contributed by atoms with Crippen molar-refractivity contribution in [2.75, 3.05) is 17.5 Å². The Morgan fingerprint density at radius 1 is 0.981 bits per heavy atom. The van der Waals surface area contributed by atoms with Gasteiger partial charge in [0.05, 0.1) is 12.3 Å². The molecule has 3 aromatic carbocycles. The number of carbonyl (C=O) groups is 3. The third-order valence-electron chi connectivity index (χ3n) is 7.95. The summed E-state index contributed by atoms with van der Waals surface area (Å²) in [5.74, 6) is -3.28. The van der Waals surface area contributed by atoms with Crippen molar-refractivity contribution in [2.45, 2.75) is 38.0 Å². The molecule has 1 aliphatic carbocycles. The number of pyridine rings is 1. The zero-order chi connectivity index (χ0) is 38.2. The number of nitrogens with zero attached hydrogens (tertiary/aromatic N) is 2. The number of hydrogen-bond acceptors (Lipinski definition) is 9. The van der Waals surface area contributed by atoms with Gasteiger partial charge < -0.3 is 34.4 Å². The molecule has 1 heterocycles. The van der Waals surface area contributed by atoms with Crippen molar-refractivity contribution in [1.29, 1.82) is 0 Å². The smallest absolute Gasteiger partial charge is 0.387 e. The zero-order valence-electron chi connectivity index (χ0n) is 27.4. The molecule has 2 unspecified atom stereocenters. The molecule has 2 N–H and O–H groups in total. The number of aromatic nitrogens is 1. The summed E-state index contributed by atoms with van der Waals surface area (Å²) in [5, 5.41) is 24.1. The van der Waals surface area contributed by atoms with Crippen molar-refractivity contribution in [2.24, 2.45) is 5.92 Å². The second-order valence-corrected chi connectivity index (χ2v) is 13.4. The third kappa shape index (κ3) is 10.5. The van der Waals surface area contributed by atoms with Crippen LogP contribution in [0.3, 0.4) is 0 Å². The standard InChI is InChI=1S/C35H31Cl2F2N3O10S/c36-26-17-41(47)18-27(37)25(26)15-29(22-11-12-28(52-35(38)39)30(14-22)50-19-20-9-10-20)51-31(43)16-40-33(44)23-7-4-8-24(13-23)42(53(48)49)32(34(45)46)21-5-2-1-3-6-21/h1-8,11-14,17-18,20,29,32,35H,9-10,15-16,19H2,(H,40,44)(H,45,46)(H,48,49)/p-1/t29-,32?/m0/s1. The Labute approximate surface area is 314 Å². The number of nitrogens with one attached hydrogen (secondary N) is 1. The number of ether oxygens (including phenoxy) is 3. The fourth-order valence-electron chi connectivity index (χ4n) is 5.24. The minimum absolute atomic E-state index is 0.0305. The maximum absolute atomic E-state index is 13.2. The highest BCUT2D eigenvalue weighted by molar-refractivity contribution is 7.80. The quantitative estimate of drug-likeness (QED) is 0.0583. The molecule has 5 rings (SSSR count). The van der Waals surface area contributed by atoms with Gasteiger partial charge in [-0.3, -0.25) is 18.1 Å². The summed E-state index contributed by atoms with van der Waals surface area (Å²) < 4.78 is 68.0. The summed E-state index contributed by atoms with van der Waals surface area (Å²) in [6, 6.07) is 15.0. The van der Waals surface area contributed by atoms with E-state index in [1.165, 1.54) is 48.5 Å². The molecule has 1 fully saturated rings. The number of anilines is 1. The van der Waals surface area contributed by atoms with Gasteiger partial charge in [-0.05, 0) is 60.2 Å². The van der Waals surface area contributed by atoms with E-state index in [-0.39, 0.29) is 68.4 Å². The van der Waals surface area contributed by atoms with Crippen molar-refractivity contribution in [3.63, 3.8) is 0 Å². The summed E-state index contributed by atoms with van der Waals surface area (Å²) in [4.78, 5) is 38.6. The molecule has 1 amide bonds. The molecule has 4 aromatic rings. The van der Waals surface area contributed by atoms with Gasteiger partial charge in [0.1, 0.15) is 22.7 Å². The number of carboxylic acid groups (broad SMARTS) is 1. The molecule has 3 atom stereocenters. The van der Waals surface area contributed by atoms with E-state index in [4.69, 9.17) is 32.7 Å². The Kier molecular flexibility index (Phi) is 13.1. The van der Waals surface area contributed by atoms with Gasteiger partial charge in [-0.1, -0.05) is 65.7 Å². The predicted octanol–water partition coefficient (Wildman–Crippen LogP) is 5.70. The number of carbonyl (C=O) groups excluding carboxylic acids is 2. The Hall–Kier alpha value is -5.03. The lowest BCUT2D eigenvalue weighted by Gasteiger charge is -2.32. The van der Waals surface area contributed by atoms with Crippen molar-refractivity contribution >= 4 is 58.0 Å². The number of benzene rings is 3. The molecule has 280 valence electrons. The van der Waals surface area contributed by atoms with Crippen LogP contribution in [0.5, 0.6) is 11.5 Å². The van der Waals surface area contributed by atoms with Crippen LogP contribution in [0.4, 0.5) is 14.5 Å². The molecule has 0 radical (unpaired) electrons. The van der Waals surface area contributed by atoms with Crippen molar-refractivity contribution in [1.82, 2.24) is 5.32 Å². The molecular weight excluding hydrogens is 763 g/mol. The number of aliphatic carboxylic acids is 1. The maximum atomic E-state index is 13.2. The molecular formula is C35H30Cl2F2N3O10S-. The highest BCUT2D eigenvalue weighted by atomic mass is 35.5. The van der Waals surface area contributed by atoms with Crippen molar-refractivity contribution in [3.8, 4) is 11.5 Å². The van der Waals surface area contributed by atoms with Crippen LogP contribution < -0.4 is 23.8 Å². The van der Waals surface area contributed by atoms with E-state index < -0.39 is 54.4 Å². The summed E-state index contributed by atoms with van der Waals surface area (Å²) >= 11 is 9.51. The highest BCUT2D eigenvalue weighted by Crippen LogP contribution is 2.38. The fourth-order valence-corrected chi connectivity index (χ4v) is 6.50. The Balaban J connectivity index is 1.36. The van der Waals surface area contributed by atoms with Crippen LogP contribution in [0.25, 0.3) is 0 Å². The maximum Gasteiger partial charge on any atom is 0.387 e. The van der Waals surface area contributed by atoms with Crippen molar-refractivity contribution < 1.29 is 56.0 Å². The van der Waals surface area contributed by atoms with Crippen LogP contribution in [0.15, 0.2) is 85.2 Å². The average Bonchev–Trinajstić information content (AvgIpc) is 3.94. The van der Waals surface area contributed by atoms with Crippen molar-refractivity contribution in [3.05, 3.63) is 123 Å². The van der Waals surface area contributed by atoms with E-state index in [1.54, 1.807) is 18.2 Å². The second-order valence-electron chi connectivity index (χ2n) is 11.7. The minimum atomic E-state index is -3.14. The average molecular weight is 794 g/mol. The van der Waals surface area contributed by atoms with Crippen LogP contribution in [-0.4, -0.2) is 51.5 Å². The van der Waals surface area contributed by atoms with Crippen LogP contribution in [0, 0.1) is 11.1 Å².